The largest absolute Gasteiger partial charge is 0.465 e. The van der Waals surface area contributed by atoms with E-state index in [9.17, 15) is 14.7 Å². The van der Waals surface area contributed by atoms with Gasteiger partial charge in [0.1, 0.15) is 0 Å². The van der Waals surface area contributed by atoms with Crippen LogP contribution in [0, 0.1) is 0 Å². The molecule has 1 atom stereocenters. The molecule has 0 saturated carbocycles. The maximum Gasteiger partial charge on any atom is 0.337 e. The molecule has 1 unspecified atom stereocenters. The lowest BCUT2D eigenvalue weighted by atomic mass is 9.95. The summed E-state index contributed by atoms with van der Waals surface area (Å²) in [6, 6.07) is 7.30. The molecule has 0 spiro atoms. The van der Waals surface area contributed by atoms with Gasteiger partial charge >= 0.3 is 5.97 Å². The van der Waals surface area contributed by atoms with E-state index in [1.54, 1.807) is 12.1 Å². The summed E-state index contributed by atoms with van der Waals surface area (Å²) in [5, 5.41) is 14.2. The number of hydrazine groups is 1. The molecule has 6 nitrogen and oxygen atoms in total. The molecule has 2 rings (SSSR count). The van der Waals surface area contributed by atoms with Crippen molar-refractivity contribution >= 4 is 11.9 Å². The van der Waals surface area contributed by atoms with Crippen LogP contribution >= 0.6 is 0 Å². The van der Waals surface area contributed by atoms with Gasteiger partial charge in [-0.25, -0.2) is 9.80 Å². The Kier molecular flexibility index (Phi) is 7.80. The van der Waals surface area contributed by atoms with Crippen LogP contribution in [0.25, 0.3) is 0 Å². The number of hydrogen-bond acceptors (Lipinski definition) is 5. The Morgan fingerprint density at radius 3 is 2.56 bits per heavy atom. The molecule has 0 aliphatic carbocycles. The maximum absolute atomic E-state index is 12.2. The molecule has 0 aromatic heterocycles. The van der Waals surface area contributed by atoms with Crippen LogP contribution in [-0.2, 0) is 16.0 Å². The quantitative estimate of drug-likeness (QED) is 0.636. The van der Waals surface area contributed by atoms with E-state index in [1.807, 2.05) is 24.1 Å². The third-order valence-corrected chi connectivity index (χ3v) is 5.12. The van der Waals surface area contributed by atoms with Crippen LogP contribution in [0.2, 0.25) is 0 Å². The van der Waals surface area contributed by atoms with Gasteiger partial charge in [0, 0.05) is 26.1 Å². The summed E-state index contributed by atoms with van der Waals surface area (Å²) < 4.78 is 4.71. The lowest BCUT2D eigenvalue weighted by molar-refractivity contribution is -0.138. The Bertz CT molecular complexity index is 628. The first-order chi connectivity index (χ1) is 12.9. The maximum atomic E-state index is 12.2. The van der Waals surface area contributed by atoms with Gasteiger partial charge in [-0.15, -0.1) is 0 Å². The van der Waals surface area contributed by atoms with Crippen LogP contribution in [0.1, 0.15) is 61.9 Å². The number of rotatable bonds is 10. The van der Waals surface area contributed by atoms with Crippen molar-refractivity contribution in [3.8, 4) is 0 Å². The van der Waals surface area contributed by atoms with Crippen molar-refractivity contribution in [2.75, 3.05) is 26.7 Å². The third kappa shape index (κ3) is 6.33. The average Bonchev–Trinajstić information content (AvgIpc) is 2.99. The summed E-state index contributed by atoms with van der Waals surface area (Å²) in [4.78, 5) is 23.7. The van der Waals surface area contributed by atoms with Crippen molar-refractivity contribution in [1.82, 2.24) is 10.0 Å². The van der Waals surface area contributed by atoms with E-state index >= 15 is 0 Å². The highest BCUT2D eigenvalue weighted by Crippen LogP contribution is 2.20. The second kappa shape index (κ2) is 9.85. The van der Waals surface area contributed by atoms with Gasteiger partial charge in [0.25, 0.3) is 0 Å². The molecular formula is C21H32N2O4. The number of benzene rings is 1. The monoisotopic (exact) mass is 376 g/mol. The Morgan fingerprint density at radius 1 is 1.22 bits per heavy atom. The highest BCUT2D eigenvalue weighted by Gasteiger charge is 2.29. The molecule has 0 bridgehead atoms. The SMILES string of the molecule is CCCC(C)(O)CCCN1CCC(=O)N1CCc1ccc(C(=O)OC)cc1. The number of carbonyl (C=O) groups is 2. The number of hydrogen-bond donors (Lipinski definition) is 1. The second-order valence-corrected chi connectivity index (χ2v) is 7.51. The van der Waals surface area contributed by atoms with Crippen LogP contribution in [-0.4, -0.2) is 59.3 Å². The predicted molar refractivity (Wildman–Crippen MR) is 104 cm³/mol. The molecule has 1 heterocycles. The zero-order valence-electron chi connectivity index (χ0n) is 16.7. The lowest BCUT2D eigenvalue weighted by Gasteiger charge is -2.29. The topological polar surface area (TPSA) is 70.1 Å². The Morgan fingerprint density at radius 2 is 1.93 bits per heavy atom. The highest BCUT2D eigenvalue weighted by atomic mass is 16.5. The summed E-state index contributed by atoms with van der Waals surface area (Å²) in [6.45, 7) is 6.12. The van der Waals surface area contributed by atoms with E-state index in [2.05, 4.69) is 11.9 Å². The molecule has 1 aromatic carbocycles. The van der Waals surface area contributed by atoms with Crippen molar-refractivity contribution in [3.05, 3.63) is 35.4 Å². The van der Waals surface area contributed by atoms with Gasteiger partial charge in [0.15, 0.2) is 0 Å². The van der Waals surface area contributed by atoms with Gasteiger partial charge in [-0.3, -0.25) is 9.80 Å². The molecule has 6 heteroatoms. The predicted octanol–water partition coefficient (Wildman–Crippen LogP) is 2.80. The third-order valence-electron chi connectivity index (χ3n) is 5.12. The van der Waals surface area contributed by atoms with Crippen LogP contribution in [0.3, 0.4) is 0 Å². The number of esters is 1. The molecule has 150 valence electrons. The Labute approximate surface area is 162 Å². The molecule has 27 heavy (non-hydrogen) atoms. The molecule has 1 aliphatic rings. The molecule has 0 radical (unpaired) electrons. The average molecular weight is 376 g/mol. The van der Waals surface area contributed by atoms with E-state index in [0.29, 0.717) is 18.5 Å². The van der Waals surface area contributed by atoms with Gasteiger partial charge in [-0.1, -0.05) is 25.5 Å². The number of nitrogens with zero attached hydrogens (tertiary/aromatic N) is 2. The van der Waals surface area contributed by atoms with Crippen LogP contribution in [0.5, 0.6) is 0 Å². The minimum Gasteiger partial charge on any atom is -0.465 e. The van der Waals surface area contributed by atoms with Crippen molar-refractivity contribution in [2.24, 2.45) is 0 Å². The fourth-order valence-corrected chi connectivity index (χ4v) is 3.60. The van der Waals surface area contributed by atoms with E-state index in [-0.39, 0.29) is 11.9 Å². The fraction of sp³-hybridized carbons (Fsp3) is 0.619. The summed E-state index contributed by atoms with van der Waals surface area (Å²) >= 11 is 0. The van der Waals surface area contributed by atoms with Crippen molar-refractivity contribution in [3.63, 3.8) is 0 Å². The standard InChI is InChI=1S/C21H32N2O4/c1-4-12-21(2,26)13-5-14-22-15-11-19(24)23(22)16-10-17-6-8-18(9-7-17)20(25)27-3/h6-9,26H,4-5,10-16H2,1-3H3. The molecule has 1 aliphatic heterocycles. The van der Waals surface area contributed by atoms with Crippen molar-refractivity contribution in [1.29, 1.82) is 0 Å². The molecule has 1 fully saturated rings. The highest BCUT2D eigenvalue weighted by molar-refractivity contribution is 5.89. The van der Waals surface area contributed by atoms with Crippen molar-refractivity contribution < 1.29 is 19.4 Å². The number of ether oxygens (including phenoxy) is 1. The van der Waals surface area contributed by atoms with Crippen LogP contribution in [0.15, 0.2) is 24.3 Å². The van der Waals surface area contributed by atoms with E-state index in [4.69, 9.17) is 4.74 Å². The first kappa shape index (κ1) is 21.4. The number of carbonyl (C=O) groups excluding carboxylic acids is 2. The zero-order valence-corrected chi connectivity index (χ0v) is 16.7. The number of amides is 1. The van der Waals surface area contributed by atoms with Crippen molar-refractivity contribution in [2.45, 2.75) is 58.0 Å². The van der Waals surface area contributed by atoms with Crippen LogP contribution < -0.4 is 0 Å². The van der Waals surface area contributed by atoms with E-state index < -0.39 is 5.60 Å². The molecular weight excluding hydrogens is 344 g/mol. The fourth-order valence-electron chi connectivity index (χ4n) is 3.60. The summed E-state index contributed by atoms with van der Waals surface area (Å²) in [7, 11) is 1.37. The molecule has 1 saturated heterocycles. The molecule has 1 aromatic rings. The number of methoxy groups -OCH3 is 1. The van der Waals surface area contributed by atoms with Crippen LogP contribution in [0.4, 0.5) is 0 Å². The normalized spacial score (nSPS) is 17.2. The van der Waals surface area contributed by atoms with Gasteiger partial charge in [-0.05, 0) is 50.3 Å². The van der Waals surface area contributed by atoms with E-state index in [0.717, 1.165) is 50.8 Å². The Hall–Kier alpha value is -1.92. The minimum atomic E-state index is -0.620. The summed E-state index contributed by atoms with van der Waals surface area (Å²) in [6.07, 6.45) is 4.66. The van der Waals surface area contributed by atoms with Gasteiger partial charge < -0.3 is 9.84 Å². The molecule has 1 N–H and O–H groups in total. The zero-order chi connectivity index (χ0) is 19.9. The van der Waals surface area contributed by atoms with Gasteiger partial charge in [-0.2, -0.15) is 0 Å². The first-order valence-corrected chi connectivity index (χ1v) is 9.81. The van der Waals surface area contributed by atoms with Gasteiger partial charge in [0.05, 0.1) is 18.3 Å². The molecule has 1 amide bonds. The smallest absolute Gasteiger partial charge is 0.337 e. The Balaban J connectivity index is 1.84. The first-order valence-electron chi connectivity index (χ1n) is 9.81. The van der Waals surface area contributed by atoms with E-state index in [1.165, 1.54) is 7.11 Å². The second-order valence-electron chi connectivity index (χ2n) is 7.51. The summed E-state index contributed by atoms with van der Waals surface area (Å²) in [5.74, 6) is -0.192. The summed E-state index contributed by atoms with van der Waals surface area (Å²) in [5.41, 5.74) is 0.984. The number of aliphatic hydroxyl groups is 1. The minimum absolute atomic E-state index is 0.154. The lowest BCUT2D eigenvalue weighted by Crippen LogP contribution is -2.41. The van der Waals surface area contributed by atoms with Gasteiger partial charge in [0.2, 0.25) is 5.91 Å².